The lowest BCUT2D eigenvalue weighted by Crippen LogP contribution is -2.50. The number of ether oxygens (including phenoxy) is 1. The molecule has 1 N–H and O–H groups in total. The predicted molar refractivity (Wildman–Crippen MR) is 53.8 cm³/mol. The summed E-state index contributed by atoms with van der Waals surface area (Å²) in [5.74, 6) is 0. The van der Waals surface area contributed by atoms with Crippen LogP contribution in [0, 0.1) is 5.41 Å². The van der Waals surface area contributed by atoms with Crippen molar-refractivity contribution in [3.8, 4) is 0 Å². The van der Waals surface area contributed by atoms with E-state index < -0.39 is 0 Å². The third-order valence-electron chi connectivity index (χ3n) is 3.95. The maximum Gasteiger partial charge on any atom is 0.0752 e. The monoisotopic (exact) mass is 183 g/mol. The molecule has 1 heterocycles. The molecule has 1 atom stereocenters. The zero-order chi connectivity index (χ0) is 9.15. The highest BCUT2D eigenvalue weighted by atomic mass is 16.5. The van der Waals surface area contributed by atoms with Gasteiger partial charge >= 0.3 is 0 Å². The molecule has 1 saturated carbocycles. The summed E-state index contributed by atoms with van der Waals surface area (Å²) in [5, 5.41) is 3.43. The van der Waals surface area contributed by atoms with Gasteiger partial charge in [0.2, 0.25) is 0 Å². The first-order valence-corrected chi connectivity index (χ1v) is 5.61. The summed E-state index contributed by atoms with van der Waals surface area (Å²) in [7, 11) is 1.87. The van der Waals surface area contributed by atoms with Gasteiger partial charge in [0, 0.05) is 13.7 Å². The van der Waals surface area contributed by atoms with Crippen LogP contribution in [0.3, 0.4) is 0 Å². The standard InChI is InChI=1S/C11H21NO/c1-13-10-9-12-8-7-11(10)5-3-2-4-6-11/h10,12H,2-9H2,1H3. The van der Waals surface area contributed by atoms with Crippen molar-refractivity contribution in [3.05, 3.63) is 0 Å². The fourth-order valence-corrected chi connectivity index (χ4v) is 3.11. The molecule has 1 spiro atoms. The van der Waals surface area contributed by atoms with Crippen LogP contribution in [0.2, 0.25) is 0 Å². The highest BCUT2D eigenvalue weighted by Gasteiger charge is 2.41. The minimum absolute atomic E-state index is 0.474. The van der Waals surface area contributed by atoms with Gasteiger partial charge < -0.3 is 10.1 Å². The summed E-state index contributed by atoms with van der Waals surface area (Å²) in [5.41, 5.74) is 0.540. The molecule has 1 unspecified atom stereocenters. The van der Waals surface area contributed by atoms with Gasteiger partial charge in [0.15, 0.2) is 0 Å². The van der Waals surface area contributed by atoms with E-state index in [0.29, 0.717) is 11.5 Å². The SMILES string of the molecule is COC1CNCCC12CCCCC2. The molecule has 2 fully saturated rings. The smallest absolute Gasteiger partial charge is 0.0752 e. The van der Waals surface area contributed by atoms with Crippen molar-refractivity contribution < 1.29 is 4.74 Å². The molecular formula is C11H21NO. The van der Waals surface area contributed by atoms with Gasteiger partial charge in [-0.1, -0.05) is 19.3 Å². The molecular weight excluding hydrogens is 162 g/mol. The first kappa shape index (κ1) is 9.47. The maximum absolute atomic E-state index is 5.62. The van der Waals surface area contributed by atoms with E-state index in [-0.39, 0.29) is 0 Å². The number of hydrogen-bond acceptors (Lipinski definition) is 2. The van der Waals surface area contributed by atoms with E-state index in [1.54, 1.807) is 0 Å². The lowest BCUT2D eigenvalue weighted by atomic mass is 9.66. The zero-order valence-electron chi connectivity index (χ0n) is 8.64. The van der Waals surface area contributed by atoms with E-state index in [1.807, 2.05) is 7.11 Å². The number of piperidine rings is 1. The van der Waals surface area contributed by atoms with Crippen LogP contribution >= 0.6 is 0 Å². The average Bonchev–Trinajstić information content (AvgIpc) is 2.20. The zero-order valence-corrected chi connectivity index (χ0v) is 8.64. The van der Waals surface area contributed by atoms with Gasteiger partial charge in [-0.3, -0.25) is 0 Å². The van der Waals surface area contributed by atoms with Crippen molar-refractivity contribution in [2.45, 2.75) is 44.6 Å². The molecule has 2 aliphatic rings. The van der Waals surface area contributed by atoms with Crippen molar-refractivity contribution in [2.75, 3.05) is 20.2 Å². The van der Waals surface area contributed by atoms with Crippen molar-refractivity contribution in [1.82, 2.24) is 5.32 Å². The maximum atomic E-state index is 5.62. The third kappa shape index (κ3) is 1.75. The minimum Gasteiger partial charge on any atom is -0.380 e. The third-order valence-corrected chi connectivity index (χ3v) is 3.95. The van der Waals surface area contributed by atoms with Crippen LogP contribution in [0.15, 0.2) is 0 Å². The van der Waals surface area contributed by atoms with Crippen LogP contribution in [0.1, 0.15) is 38.5 Å². The lowest BCUT2D eigenvalue weighted by Gasteiger charge is -2.46. The molecule has 0 aromatic carbocycles. The number of nitrogens with one attached hydrogen (secondary N) is 1. The van der Waals surface area contributed by atoms with Gasteiger partial charge in [-0.25, -0.2) is 0 Å². The van der Waals surface area contributed by atoms with Crippen LogP contribution in [0.4, 0.5) is 0 Å². The van der Waals surface area contributed by atoms with E-state index >= 15 is 0 Å². The Bertz CT molecular complexity index is 155. The summed E-state index contributed by atoms with van der Waals surface area (Å²) < 4.78 is 5.62. The summed E-state index contributed by atoms with van der Waals surface area (Å²) in [4.78, 5) is 0. The van der Waals surface area contributed by atoms with Gasteiger partial charge in [0.25, 0.3) is 0 Å². The molecule has 1 saturated heterocycles. The second-order valence-corrected chi connectivity index (χ2v) is 4.60. The summed E-state index contributed by atoms with van der Waals surface area (Å²) in [6.45, 7) is 2.26. The van der Waals surface area contributed by atoms with E-state index in [9.17, 15) is 0 Å². The van der Waals surface area contributed by atoms with E-state index in [2.05, 4.69) is 5.32 Å². The highest BCUT2D eigenvalue weighted by molar-refractivity contribution is 4.94. The van der Waals surface area contributed by atoms with Crippen LogP contribution in [0.25, 0.3) is 0 Å². The Kier molecular flexibility index (Phi) is 2.89. The Hall–Kier alpha value is -0.0800. The van der Waals surface area contributed by atoms with Crippen LogP contribution in [0.5, 0.6) is 0 Å². The van der Waals surface area contributed by atoms with Gasteiger partial charge in [-0.05, 0) is 31.2 Å². The first-order valence-electron chi connectivity index (χ1n) is 5.61. The summed E-state index contributed by atoms with van der Waals surface area (Å²) >= 11 is 0. The molecule has 1 aliphatic heterocycles. The van der Waals surface area contributed by atoms with Crippen molar-refractivity contribution in [2.24, 2.45) is 5.41 Å². The molecule has 0 aromatic rings. The molecule has 13 heavy (non-hydrogen) atoms. The molecule has 0 radical (unpaired) electrons. The summed E-state index contributed by atoms with van der Waals surface area (Å²) in [6.07, 6.45) is 8.86. The molecule has 0 aromatic heterocycles. The molecule has 2 heteroatoms. The van der Waals surface area contributed by atoms with E-state index in [4.69, 9.17) is 4.74 Å². The fraction of sp³-hybridized carbons (Fsp3) is 1.00. The second kappa shape index (κ2) is 3.97. The minimum atomic E-state index is 0.474. The largest absolute Gasteiger partial charge is 0.380 e. The van der Waals surface area contributed by atoms with Gasteiger partial charge in [0.05, 0.1) is 6.10 Å². The quantitative estimate of drug-likeness (QED) is 0.671. The fourth-order valence-electron chi connectivity index (χ4n) is 3.11. The molecule has 1 aliphatic carbocycles. The van der Waals surface area contributed by atoms with Crippen LogP contribution in [-0.4, -0.2) is 26.3 Å². The normalized spacial score (nSPS) is 33.5. The van der Waals surface area contributed by atoms with Gasteiger partial charge in [-0.2, -0.15) is 0 Å². The molecule has 2 rings (SSSR count). The molecule has 76 valence electrons. The lowest BCUT2D eigenvalue weighted by molar-refractivity contribution is -0.0537. The van der Waals surface area contributed by atoms with Crippen LogP contribution < -0.4 is 5.32 Å². The Labute approximate surface area is 81.0 Å². The van der Waals surface area contributed by atoms with E-state index in [1.165, 1.54) is 45.1 Å². The highest BCUT2D eigenvalue weighted by Crippen LogP contribution is 2.44. The number of hydrogen-bond donors (Lipinski definition) is 1. The predicted octanol–water partition coefficient (Wildman–Crippen LogP) is 1.95. The Morgan fingerprint density at radius 1 is 1.15 bits per heavy atom. The van der Waals surface area contributed by atoms with Crippen molar-refractivity contribution in [3.63, 3.8) is 0 Å². The first-order chi connectivity index (χ1) is 6.37. The van der Waals surface area contributed by atoms with Crippen molar-refractivity contribution >= 4 is 0 Å². The second-order valence-electron chi connectivity index (χ2n) is 4.60. The molecule has 0 bridgehead atoms. The topological polar surface area (TPSA) is 21.3 Å². The van der Waals surface area contributed by atoms with Gasteiger partial charge in [0.1, 0.15) is 0 Å². The summed E-state index contributed by atoms with van der Waals surface area (Å²) in [6, 6.07) is 0. The number of methoxy groups -OCH3 is 1. The van der Waals surface area contributed by atoms with Crippen molar-refractivity contribution in [1.29, 1.82) is 0 Å². The average molecular weight is 183 g/mol. The van der Waals surface area contributed by atoms with Crippen LogP contribution in [-0.2, 0) is 4.74 Å². The Morgan fingerprint density at radius 3 is 2.62 bits per heavy atom. The van der Waals surface area contributed by atoms with Gasteiger partial charge in [-0.15, -0.1) is 0 Å². The molecule has 0 amide bonds. The number of rotatable bonds is 1. The Balaban J connectivity index is 2.06. The Morgan fingerprint density at radius 2 is 1.92 bits per heavy atom. The molecule has 2 nitrogen and oxygen atoms in total. The van der Waals surface area contributed by atoms with E-state index in [0.717, 1.165) is 6.54 Å².